The van der Waals surface area contributed by atoms with Crippen molar-refractivity contribution in [2.75, 3.05) is 12.4 Å². The average Bonchev–Trinajstić information content (AvgIpc) is 2.79. The van der Waals surface area contributed by atoms with Gasteiger partial charge in [0, 0.05) is 11.6 Å². The number of esters is 1. The Morgan fingerprint density at radius 2 is 1.76 bits per heavy atom. The molecule has 1 N–H and O–H groups in total. The molecule has 1 aromatic heterocycles. The molecule has 0 spiro atoms. The molecule has 1 aliphatic carbocycles. The van der Waals surface area contributed by atoms with Crippen molar-refractivity contribution < 1.29 is 14.3 Å². The summed E-state index contributed by atoms with van der Waals surface area (Å²) in [5, 5.41) is 4.51. The first-order valence-corrected chi connectivity index (χ1v) is 10.1. The number of pyridine rings is 1. The summed E-state index contributed by atoms with van der Waals surface area (Å²) >= 11 is 0. The van der Waals surface area contributed by atoms with E-state index in [4.69, 9.17) is 4.74 Å². The van der Waals surface area contributed by atoms with Crippen LogP contribution in [0, 0.1) is 0 Å². The number of fused-ring (bicyclic) bond motifs is 1. The first-order valence-electron chi connectivity index (χ1n) is 10.1. The number of aromatic nitrogens is 1. The van der Waals surface area contributed by atoms with Crippen molar-refractivity contribution in [3.63, 3.8) is 0 Å². The fraction of sp³-hybridized carbons (Fsp3) is 0.292. The molecule has 5 heteroatoms. The first-order chi connectivity index (χ1) is 14.2. The summed E-state index contributed by atoms with van der Waals surface area (Å²) in [5.74, 6) is -0.396. The van der Waals surface area contributed by atoms with E-state index in [0.29, 0.717) is 22.9 Å². The van der Waals surface area contributed by atoms with Gasteiger partial charge in [-0.3, -0.25) is 4.79 Å². The van der Waals surface area contributed by atoms with Crippen LogP contribution in [-0.2, 0) is 4.74 Å². The third-order valence-electron chi connectivity index (χ3n) is 5.59. The molecule has 0 saturated heterocycles. The van der Waals surface area contributed by atoms with Gasteiger partial charge in [0.05, 0.1) is 18.4 Å². The van der Waals surface area contributed by atoms with Crippen LogP contribution in [0.1, 0.15) is 64.6 Å². The number of amides is 1. The highest BCUT2D eigenvalue weighted by Gasteiger charge is 2.21. The van der Waals surface area contributed by atoms with Gasteiger partial charge in [0.25, 0.3) is 5.91 Å². The van der Waals surface area contributed by atoms with E-state index in [1.165, 1.54) is 26.4 Å². The normalized spacial score (nSPS) is 14.5. The lowest BCUT2D eigenvalue weighted by Crippen LogP contribution is -2.18. The number of nitrogens with zero attached hydrogens (tertiary/aromatic N) is 1. The second-order valence-electron chi connectivity index (χ2n) is 7.44. The molecular weight excluding hydrogens is 364 g/mol. The van der Waals surface area contributed by atoms with Gasteiger partial charge in [-0.2, -0.15) is 0 Å². The van der Waals surface area contributed by atoms with Gasteiger partial charge in [0.15, 0.2) is 0 Å². The van der Waals surface area contributed by atoms with Gasteiger partial charge in [0.2, 0.25) is 0 Å². The fourth-order valence-corrected chi connectivity index (χ4v) is 4.09. The van der Waals surface area contributed by atoms with Crippen LogP contribution < -0.4 is 5.32 Å². The highest BCUT2D eigenvalue weighted by Crippen LogP contribution is 2.32. The number of nitrogens with one attached hydrogen (secondary N) is 1. The second kappa shape index (κ2) is 8.43. The lowest BCUT2D eigenvalue weighted by molar-refractivity contribution is 0.0604. The van der Waals surface area contributed by atoms with Gasteiger partial charge in [-0.25, -0.2) is 9.78 Å². The number of anilines is 1. The topological polar surface area (TPSA) is 68.3 Å². The first kappa shape index (κ1) is 19.1. The Morgan fingerprint density at radius 3 is 2.55 bits per heavy atom. The number of rotatable bonds is 4. The molecule has 0 bridgehead atoms. The Kier molecular flexibility index (Phi) is 5.56. The maximum Gasteiger partial charge on any atom is 0.340 e. The van der Waals surface area contributed by atoms with E-state index in [0.717, 1.165) is 29.3 Å². The third-order valence-corrected chi connectivity index (χ3v) is 5.59. The van der Waals surface area contributed by atoms with E-state index in [-0.39, 0.29) is 5.91 Å². The summed E-state index contributed by atoms with van der Waals surface area (Å²) in [4.78, 5) is 30.0. The Labute approximate surface area is 170 Å². The molecule has 0 radical (unpaired) electrons. The summed E-state index contributed by atoms with van der Waals surface area (Å²) in [7, 11) is 1.34. The van der Waals surface area contributed by atoms with Crippen molar-refractivity contribution in [3.8, 4) is 0 Å². The van der Waals surface area contributed by atoms with Crippen LogP contribution in [0.3, 0.4) is 0 Å². The zero-order valence-electron chi connectivity index (χ0n) is 16.5. The molecule has 0 unspecified atom stereocenters. The maximum atomic E-state index is 12.9. The number of methoxy groups -OCH3 is 1. The molecule has 0 atom stereocenters. The summed E-state index contributed by atoms with van der Waals surface area (Å²) < 4.78 is 4.96. The molecule has 5 nitrogen and oxygen atoms in total. The Balaban J connectivity index is 1.65. The standard InChI is InChI=1S/C24H24N2O3/c1-29-24(28)22-18-11-6-5-8-16(18)14-15-20(22)26-23(27)21-13-7-12-19(25-21)17-9-3-2-4-10-17/h5-8,11-15,17H,2-4,9-10H2,1H3,(H,26,27). The van der Waals surface area contributed by atoms with Crippen molar-refractivity contribution in [1.82, 2.24) is 4.98 Å². The average molecular weight is 388 g/mol. The Morgan fingerprint density at radius 1 is 0.966 bits per heavy atom. The van der Waals surface area contributed by atoms with Crippen molar-refractivity contribution in [3.05, 3.63) is 71.5 Å². The highest BCUT2D eigenvalue weighted by atomic mass is 16.5. The number of hydrogen-bond acceptors (Lipinski definition) is 4. The van der Waals surface area contributed by atoms with Gasteiger partial charge < -0.3 is 10.1 Å². The van der Waals surface area contributed by atoms with E-state index in [2.05, 4.69) is 10.3 Å². The van der Waals surface area contributed by atoms with Crippen molar-refractivity contribution >= 4 is 28.3 Å². The van der Waals surface area contributed by atoms with Crippen LogP contribution in [-0.4, -0.2) is 24.0 Å². The quantitative estimate of drug-likeness (QED) is 0.614. The number of carbonyl (C=O) groups is 2. The van der Waals surface area contributed by atoms with Crippen LogP contribution in [0.4, 0.5) is 5.69 Å². The zero-order chi connectivity index (χ0) is 20.2. The monoisotopic (exact) mass is 388 g/mol. The molecule has 1 saturated carbocycles. The predicted molar refractivity (Wildman–Crippen MR) is 113 cm³/mol. The second-order valence-corrected chi connectivity index (χ2v) is 7.44. The van der Waals surface area contributed by atoms with Crippen LogP contribution in [0.5, 0.6) is 0 Å². The summed E-state index contributed by atoms with van der Waals surface area (Å²) in [6.07, 6.45) is 5.93. The third kappa shape index (κ3) is 3.99. The van der Waals surface area contributed by atoms with Crippen molar-refractivity contribution in [2.24, 2.45) is 0 Å². The van der Waals surface area contributed by atoms with Crippen LogP contribution >= 0.6 is 0 Å². The Hall–Kier alpha value is -3.21. The smallest absolute Gasteiger partial charge is 0.340 e. The van der Waals surface area contributed by atoms with Crippen LogP contribution in [0.25, 0.3) is 10.8 Å². The molecule has 148 valence electrons. The molecule has 3 aromatic rings. The van der Waals surface area contributed by atoms with E-state index in [9.17, 15) is 9.59 Å². The number of carbonyl (C=O) groups excluding carboxylic acids is 2. The molecule has 1 amide bonds. The molecule has 0 aliphatic heterocycles. The number of ether oxygens (including phenoxy) is 1. The van der Waals surface area contributed by atoms with Gasteiger partial charge in [0.1, 0.15) is 5.69 Å². The van der Waals surface area contributed by atoms with E-state index < -0.39 is 5.97 Å². The predicted octanol–water partition coefficient (Wildman–Crippen LogP) is 5.32. The SMILES string of the molecule is COC(=O)c1c(NC(=O)c2cccc(C3CCCCC3)n2)ccc2ccccc12. The molecule has 1 heterocycles. The lowest BCUT2D eigenvalue weighted by Gasteiger charge is -2.21. The van der Waals surface area contributed by atoms with E-state index >= 15 is 0 Å². The van der Waals surface area contributed by atoms with E-state index in [1.807, 2.05) is 42.5 Å². The minimum absolute atomic E-state index is 0.330. The number of hydrogen-bond donors (Lipinski definition) is 1. The molecule has 1 aliphatic rings. The largest absolute Gasteiger partial charge is 0.465 e. The zero-order valence-corrected chi connectivity index (χ0v) is 16.5. The molecular formula is C24H24N2O3. The minimum atomic E-state index is -0.485. The number of benzene rings is 2. The molecule has 2 aromatic carbocycles. The molecule has 29 heavy (non-hydrogen) atoms. The minimum Gasteiger partial charge on any atom is -0.465 e. The molecule has 1 fully saturated rings. The van der Waals surface area contributed by atoms with Gasteiger partial charge in [-0.05, 0) is 41.8 Å². The van der Waals surface area contributed by atoms with Gasteiger partial charge >= 0.3 is 5.97 Å². The maximum absolute atomic E-state index is 12.9. The Bertz CT molecular complexity index is 1050. The summed E-state index contributed by atoms with van der Waals surface area (Å²) in [6.45, 7) is 0. The highest BCUT2D eigenvalue weighted by molar-refractivity contribution is 6.13. The summed E-state index contributed by atoms with van der Waals surface area (Å²) in [6, 6.07) is 16.7. The summed E-state index contributed by atoms with van der Waals surface area (Å²) in [5.41, 5.74) is 2.11. The fourth-order valence-electron chi connectivity index (χ4n) is 4.09. The lowest BCUT2D eigenvalue weighted by atomic mass is 9.86. The van der Waals surface area contributed by atoms with Gasteiger partial charge in [-0.1, -0.05) is 55.7 Å². The molecule has 4 rings (SSSR count). The van der Waals surface area contributed by atoms with E-state index in [1.54, 1.807) is 12.1 Å². The van der Waals surface area contributed by atoms with Gasteiger partial charge in [-0.15, -0.1) is 0 Å². The van der Waals surface area contributed by atoms with Crippen LogP contribution in [0.2, 0.25) is 0 Å². The van der Waals surface area contributed by atoms with Crippen molar-refractivity contribution in [1.29, 1.82) is 0 Å². The van der Waals surface area contributed by atoms with Crippen LogP contribution in [0.15, 0.2) is 54.6 Å². The van der Waals surface area contributed by atoms with Crippen molar-refractivity contribution in [2.45, 2.75) is 38.0 Å².